The monoisotopic (exact) mass is 408 g/mol. The van der Waals surface area contributed by atoms with Crippen LogP contribution in [0.4, 0.5) is 0 Å². The van der Waals surface area contributed by atoms with E-state index in [0.29, 0.717) is 6.04 Å². The van der Waals surface area contributed by atoms with Crippen molar-refractivity contribution < 1.29 is 4.79 Å². The van der Waals surface area contributed by atoms with Gasteiger partial charge in [0.2, 0.25) is 0 Å². The van der Waals surface area contributed by atoms with Crippen LogP contribution in [0, 0.1) is 6.92 Å². The fraction of sp³-hybridized carbons (Fsp3) is 0.565. The molecule has 3 aromatic heterocycles. The maximum Gasteiger partial charge on any atom is 0.254 e. The van der Waals surface area contributed by atoms with Gasteiger partial charge in [-0.2, -0.15) is 5.10 Å². The van der Waals surface area contributed by atoms with Crippen molar-refractivity contribution in [3.05, 3.63) is 41.7 Å². The fourth-order valence-electron chi connectivity index (χ4n) is 4.26. The number of rotatable bonds is 3. The number of likely N-dealkylation sites (tertiary alicyclic amines) is 1. The Hall–Kier alpha value is -2.70. The van der Waals surface area contributed by atoms with Crippen LogP contribution >= 0.6 is 0 Å². The summed E-state index contributed by atoms with van der Waals surface area (Å²) in [6.07, 6.45) is 7.57. The molecule has 0 aliphatic carbocycles. The lowest BCUT2D eigenvalue weighted by molar-refractivity contribution is 0.0696. The molecule has 1 aliphatic heterocycles. The first-order chi connectivity index (χ1) is 14.2. The molecule has 7 nitrogen and oxygen atoms in total. The van der Waals surface area contributed by atoms with Crippen LogP contribution in [0.3, 0.4) is 0 Å². The number of aromatic nitrogens is 5. The molecule has 1 aliphatic rings. The van der Waals surface area contributed by atoms with Crippen molar-refractivity contribution in [1.29, 1.82) is 0 Å². The maximum atomic E-state index is 13.6. The number of nitrogens with zero attached hydrogens (tertiary/aromatic N) is 6. The van der Waals surface area contributed by atoms with E-state index in [-0.39, 0.29) is 17.4 Å². The minimum absolute atomic E-state index is 0.0879. The number of imidazole rings is 1. The van der Waals surface area contributed by atoms with Gasteiger partial charge < -0.3 is 9.47 Å². The van der Waals surface area contributed by atoms with Crippen LogP contribution in [-0.2, 0) is 5.54 Å². The predicted molar refractivity (Wildman–Crippen MR) is 118 cm³/mol. The summed E-state index contributed by atoms with van der Waals surface area (Å²) in [5, 5.41) is 5.65. The third-order valence-electron chi connectivity index (χ3n) is 5.99. The number of fused-ring (bicyclic) bond motifs is 1. The lowest BCUT2D eigenvalue weighted by Gasteiger charge is -2.33. The molecule has 7 heteroatoms. The second kappa shape index (κ2) is 7.52. The van der Waals surface area contributed by atoms with Crippen molar-refractivity contribution in [3.63, 3.8) is 0 Å². The predicted octanol–water partition coefficient (Wildman–Crippen LogP) is 4.29. The highest BCUT2D eigenvalue weighted by Crippen LogP contribution is 2.31. The van der Waals surface area contributed by atoms with E-state index >= 15 is 0 Å². The van der Waals surface area contributed by atoms with Crippen LogP contribution in [0.1, 0.15) is 81.2 Å². The van der Waals surface area contributed by atoms with E-state index in [1.54, 1.807) is 0 Å². The topological polar surface area (TPSA) is 68.8 Å². The molecular formula is C23H32N6O. The molecule has 4 heterocycles. The third kappa shape index (κ3) is 3.61. The lowest BCUT2D eigenvalue weighted by atomic mass is 10.0. The number of pyridine rings is 1. The Balaban J connectivity index is 1.71. The van der Waals surface area contributed by atoms with Crippen LogP contribution in [0.2, 0.25) is 0 Å². The molecule has 0 atom stereocenters. The minimum Gasteiger partial charge on any atom is -0.338 e. The Morgan fingerprint density at radius 3 is 2.47 bits per heavy atom. The van der Waals surface area contributed by atoms with Gasteiger partial charge in [0.15, 0.2) is 5.65 Å². The summed E-state index contributed by atoms with van der Waals surface area (Å²) in [5.41, 5.74) is 3.13. The van der Waals surface area contributed by atoms with E-state index in [2.05, 4.69) is 44.2 Å². The highest BCUT2D eigenvalue weighted by atomic mass is 16.2. The number of hydrogen-bond donors (Lipinski definition) is 0. The van der Waals surface area contributed by atoms with Gasteiger partial charge in [-0.05, 0) is 52.5 Å². The smallest absolute Gasteiger partial charge is 0.254 e. The lowest BCUT2D eigenvalue weighted by Crippen LogP contribution is -2.39. The molecule has 30 heavy (non-hydrogen) atoms. The number of hydrogen-bond acceptors (Lipinski definition) is 4. The average molecular weight is 409 g/mol. The van der Waals surface area contributed by atoms with Crippen molar-refractivity contribution in [2.75, 3.05) is 13.1 Å². The summed E-state index contributed by atoms with van der Waals surface area (Å²) in [5.74, 6) is 0.321. The molecule has 1 fully saturated rings. The van der Waals surface area contributed by atoms with E-state index in [1.807, 2.05) is 41.3 Å². The van der Waals surface area contributed by atoms with Crippen LogP contribution in [0.5, 0.6) is 0 Å². The molecule has 160 valence electrons. The number of carbonyl (C=O) groups excluding carboxylic acids is 1. The van der Waals surface area contributed by atoms with E-state index < -0.39 is 0 Å². The van der Waals surface area contributed by atoms with Gasteiger partial charge in [0.1, 0.15) is 0 Å². The van der Waals surface area contributed by atoms with Crippen LogP contribution < -0.4 is 0 Å². The van der Waals surface area contributed by atoms with E-state index in [9.17, 15) is 4.79 Å². The van der Waals surface area contributed by atoms with Crippen molar-refractivity contribution in [1.82, 2.24) is 29.2 Å². The summed E-state index contributed by atoms with van der Waals surface area (Å²) >= 11 is 0. The van der Waals surface area contributed by atoms with Gasteiger partial charge in [0.05, 0.1) is 28.5 Å². The van der Waals surface area contributed by atoms with E-state index in [1.165, 1.54) is 0 Å². The van der Waals surface area contributed by atoms with Gasteiger partial charge in [0, 0.05) is 37.2 Å². The molecule has 3 aromatic rings. The highest BCUT2D eigenvalue weighted by molar-refractivity contribution is 6.06. The number of piperidine rings is 1. The Morgan fingerprint density at radius 2 is 1.90 bits per heavy atom. The molecule has 0 aromatic carbocycles. The minimum atomic E-state index is -0.210. The first kappa shape index (κ1) is 20.6. The summed E-state index contributed by atoms with van der Waals surface area (Å²) in [4.78, 5) is 24.7. The summed E-state index contributed by atoms with van der Waals surface area (Å²) < 4.78 is 4.12. The summed E-state index contributed by atoms with van der Waals surface area (Å²) in [7, 11) is 0. The zero-order chi connectivity index (χ0) is 21.6. The van der Waals surface area contributed by atoms with E-state index in [4.69, 9.17) is 10.1 Å². The van der Waals surface area contributed by atoms with Crippen LogP contribution in [-0.4, -0.2) is 48.2 Å². The summed E-state index contributed by atoms with van der Waals surface area (Å²) in [6, 6.07) is 2.39. The number of carbonyl (C=O) groups is 1. The van der Waals surface area contributed by atoms with Gasteiger partial charge in [-0.3, -0.25) is 4.79 Å². The first-order valence-electron chi connectivity index (χ1n) is 10.8. The molecule has 4 rings (SSSR count). The van der Waals surface area contributed by atoms with Crippen molar-refractivity contribution in [2.24, 2.45) is 0 Å². The van der Waals surface area contributed by atoms with Crippen molar-refractivity contribution in [2.45, 2.75) is 71.9 Å². The molecule has 0 unspecified atom stereocenters. The maximum absolute atomic E-state index is 13.6. The van der Waals surface area contributed by atoms with Gasteiger partial charge in [-0.25, -0.2) is 14.6 Å². The Labute approximate surface area is 178 Å². The average Bonchev–Trinajstić information content (AvgIpc) is 3.35. The number of aryl methyl sites for hydroxylation is 1. The molecule has 0 saturated carbocycles. The highest BCUT2D eigenvalue weighted by Gasteiger charge is 2.29. The third-order valence-corrected chi connectivity index (χ3v) is 5.99. The normalized spacial score (nSPS) is 16.0. The zero-order valence-corrected chi connectivity index (χ0v) is 18.9. The standard InChI is InChI=1S/C23H32N6O/c1-15(2)19-13-18(20-16(3)26-29(21(20)25-19)23(4,5)6)22(30)27-10-7-17(8-11-27)28-12-9-24-14-28/h9,12-15,17H,7-8,10-11H2,1-6H3. The quantitative estimate of drug-likeness (QED) is 0.648. The Kier molecular flexibility index (Phi) is 5.16. The number of amides is 1. The fourth-order valence-corrected chi connectivity index (χ4v) is 4.26. The molecular weight excluding hydrogens is 376 g/mol. The second-order valence-electron chi connectivity index (χ2n) is 9.65. The molecule has 1 amide bonds. The summed E-state index contributed by atoms with van der Waals surface area (Å²) in [6.45, 7) is 14.0. The SMILES string of the molecule is Cc1nn(C(C)(C)C)c2nc(C(C)C)cc(C(=O)N3CCC(n4ccnc4)CC3)c12. The van der Waals surface area contributed by atoms with Gasteiger partial charge in [-0.15, -0.1) is 0 Å². The Morgan fingerprint density at radius 1 is 1.20 bits per heavy atom. The molecule has 1 saturated heterocycles. The second-order valence-corrected chi connectivity index (χ2v) is 9.65. The largest absolute Gasteiger partial charge is 0.338 e. The van der Waals surface area contributed by atoms with Crippen LogP contribution in [0.25, 0.3) is 11.0 Å². The first-order valence-corrected chi connectivity index (χ1v) is 10.8. The van der Waals surface area contributed by atoms with Gasteiger partial charge in [-0.1, -0.05) is 13.8 Å². The molecule has 0 spiro atoms. The van der Waals surface area contributed by atoms with E-state index in [0.717, 1.165) is 53.9 Å². The Bertz CT molecular complexity index is 1050. The van der Waals surface area contributed by atoms with Crippen molar-refractivity contribution >= 4 is 16.9 Å². The zero-order valence-electron chi connectivity index (χ0n) is 18.9. The van der Waals surface area contributed by atoms with Gasteiger partial charge >= 0.3 is 0 Å². The molecule has 0 N–H and O–H groups in total. The van der Waals surface area contributed by atoms with Crippen LogP contribution in [0.15, 0.2) is 24.8 Å². The van der Waals surface area contributed by atoms with Crippen molar-refractivity contribution in [3.8, 4) is 0 Å². The van der Waals surface area contributed by atoms with Gasteiger partial charge in [0.25, 0.3) is 5.91 Å². The molecule has 0 bridgehead atoms. The molecule has 0 radical (unpaired) electrons.